The lowest BCUT2D eigenvalue weighted by molar-refractivity contribution is 0.0954. The first-order valence-electron chi connectivity index (χ1n) is 7.39. The molecule has 120 valence electrons. The fourth-order valence-corrected chi connectivity index (χ4v) is 3.44. The second kappa shape index (κ2) is 6.00. The molecule has 2 aromatic heterocycles. The van der Waals surface area contributed by atoms with E-state index in [1.54, 1.807) is 6.07 Å². The minimum Gasteiger partial charge on any atom is -0.375 e. The van der Waals surface area contributed by atoms with E-state index in [0.717, 1.165) is 28.0 Å². The van der Waals surface area contributed by atoms with Crippen molar-refractivity contribution < 1.29 is 4.79 Å². The Morgan fingerprint density at radius 2 is 2.17 bits per heavy atom. The smallest absolute Gasteiger partial charge is 0.251 e. The first-order chi connectivity index (χ1) is 11.0. The van der Waals surface area contributed by atoms with Gasteiger partial charge >= 0.3 is 0 Å². The van der Waals surface area contributed by atoms with Crippen molar-refractivity contribution >= 4 is 32.6 Å². The Kier molecular flexibility index (Phi) is 4.04. The number of thiazole rings is 1. The SMILES string of the molecule is Cc1nn(C)c(C)c1CCNC(=O)c1ccc2nc(N)sc2c1. The molecule has 1 amide bonds. The van der Waals surface area contributed by atoms with E-state index < -0.39 is 0 Å². The van der Waals surface area contributed by atoms with Gasteiger partial charge in [0.05, 0.1) is 15.9 Å². The van der Waals surface area contributed by atoms with Crippen LogP contribution < -0.4 is 11.1 Å². The molecule has 0 bridgehead atoms. The molecular formula is C16H19N5OS. The second-order valence-corrected chi connectivity index (χ2v) is 6.58. The number of amides is 1. The highest BCUT2D eigenvalue weighted by molar-refractivity contribution is 7.22. The maximum atomic E-state index is 12.3. The number of carbonyl (C=O) groups is 1. The van der Waals surface area contributed by atoms with E-state index in [0.29, 0.717) is 17.2 Å². The fourth-order valence-electron chi connectivity index (χ4n) is 2.67. The molecule has 2 heterocycles. The monoisotopic (exact) mass is 329 g/mol. The summed E-state index contributed by atoms with van der Waals surface area (Å²) in [4.78, 5) is 16.5. The van der Waals surface area contributed by atoms with Gasteiger partial charge < -0.3 is 11.1 Å². The lowest BCUT2D eigenvalue weighted by Crippen LogP contribution is -2.25. The van der Waals surface area contributed by atoms with E-state index >= 15 is 0 Å². The van der Waals surface area contributed by atoms with Crippen LogP contribution in [0.2, 0.25) is 0 Å². The van der Waals surface area contributed by atoms with Gasteiger partial charge in [0.1, 0.15) is 0 Å². The maximum absolute atomic E-state index is 12.3. The third kappa shape index (κ3) is 3.05. The average molecular weight is 329 g/mol. The van der Waals surface area contributed by atoms with Crippen LogP contribution in [0.4, 0.5) is 5.13 Å². The molecule has 3 aromatic rings. The highest BCUT2D eigenvalue weighted by Crippen LogP contribution is 2.24. The number of hydrogen-bond acceptors (Lipinski definition) is 5. The molecular weight excluding hydrogens is 310 g/mol. The van der Waals surface area contributed by atoms with Crippen LogP contribution in [0.15, 0.2) is 18.2 Å². The molecule has 0 unspecified atom stereocenters. The van der Waals surface area contributed by atoms with Crippen molar-refractivity contribution in [1.82, 2.24) is 20.1 Å². The molecule has 23 heavy (non-hydrogen) atoms. The minimum absolute atomic E-state index is 0.0851. The summed E-state index contributed by atoms with van der Waals surface area (Å²) >= 11 is 1.39. The number of rotatable bonds is 4. The number of benzene rings is 1. The summed E-state index contributed by atoms with van der Waals surface area (Å²) in [5.41, 5.74) is 10.5. The molecule has 0 saturated carbocycles. The summed E-state index contributed by atoms with van der Waals surface area (Å²) in [6, 6.07) is 5.43. The summed E-state index contributed by atoms with van der Waals surface area (Å²) in [6.45, 7) is 4.61. The number of aromatic nitrogens is 3. The Labute approximate surface area is 138 Å². The van der Waals surface area contributed by atoms with Gasteiger partial charge in [0.15, 0.2) is 5.13 Å². The fraction of sp³-hybridized carbons (Fsp3) is 0.312. The van der Waals surface area contributed by atoms with Crippen LogP contribution >= 0.6 is 11.3 Å². The molecule has 0 saturated heterocycles. The zero-order valence-electron chi connectivity index (χ0n) is 13.4. The molecule has 0 spiro atoms. The van der Waals surface area contributed by atoms with Crippen molar-refractivity contribution in [3.63, 3.8) is 0 Å². The lowest BCUT2D eigenvalue weighted by atomic mass is 10.1. The van der Waals surface area contributed by atoms with Crippen molar-refractivity contribution in [3.8, 4) is 0 Å². The third-order valence-corrected chi connectivity index (χ3v) is 4.83. The van der Waals surface area contributed by atoms with E-state index in [1.165, 1.54) is 16.9 Å². The average Bonchev–Trinajstić information content (AvgIpc) is 2.99. The molecule has 7 heteroatoms. The number of nitrogens with zero attached hydrogens (tertiary/aromatic N) is 3. The second-order valence-electron chi connectivity index (χ2n) is 5.51. The van der Waals surface area contributed by atoms with Crippen molar-refractivity contribution in [1.29, 1.82) is 0 Å². The first-order valence-corrected chi connectivity index (χ1v) is 8.20. The zero-order chi connectivity index (χ0) is 16.6. The van der Waals surface area contributed by atoms with Crippen molar-refractivity contribution in [2.24, 2.45) is 7.05 Å². The van der Waals surface area contributed by atoms with Gasteiger partial charge in [-0.05, 0) is 44.0 Å². The Morgan fingerprint density at radius 1 is 1.39 bits per heavy atom. The molecule has 3 rings (SSSR count). The zero-order valence-corrected chi connectivity index (χ0v) is 14.2. The quantitative estimate of drug-likeness (QED) is 0.768. The van der Waals surface area contributed by atoms with E-state index in [9.17, 15) is 4.79 Å². The molecule has 0 aliphatic rings. The normalized spacial score (nSPS) is 11.1. The number of nitrogens with two attached hydrogens (primary N) is 1. The van der Waals surface area contributed by atoms with E-state index in [1.807, 2.05) is 37.7 Å². The molecule has 0 aliphatic carbocycles. The predicted octanol–water partition coefficient (Wildman–Crippen LogP) is 2.20. The summed E-state index contributed by atoms with van der Waals surface area (Å²) in [5.74, 6) is -0.0851. The van der Waals surface area contributed by atoms with Crippen LogP contribution in [0, 0.1) is 13.8 Å². The predicted molar refractivity (Wildman–Crippen MR) is 92.8 cm³/mol. The van der Waals surface area contributed by atoms with Gasteiger partial charge in [0, 0.05) is 24.8 Å². The van der Waals surface area contributed by atoms with Crippen LogP contribution in [-0.2, 0) is 13.5 Å². The van der Waals surface area contributed by atoms with Crippen LogP contribution in [0.25, 0.3) is 10.2 Å². The van der Waals surface area contributed by atoms with Gasteiger partial charge in [0.2, 0.25) is 0 Å². The van der Waals surface area contributed by atoms with E-state index in [4.69, 9.17) is 5.73 Å². The van der Waals surface area contributed by atoms with Crippen LogP contribution in [0.1, 0.15) is 27.3 Å². The van der Waals surface area contributed by atoms with Crippen molar-refractivity contribution in [2.75, 3.05) is 12.3 Å². The van der Waals surface area contributed by atoms with Gasteiger partial charge in [-0.25, -0.2) is 4.98 Å². The van der Waals surface area contributed by atoms with Crippen LogP contribution in [0.5, 0.6) is 0 Å². The maximum Gasteiger partial charge on any atom is 0.251 e. The summed E-state index contributed by atoms with van der Waals surface area (Å²) in [5, 5.41) is 7.86. The molecule has 6 nitrogen and oxygen atoms in total. The molecule has 0 atom stereocenters. The number of nitrogens with one attached hydrogen (secondary N) is 1. The Balaban J connectivity index is 1.66. The standard InChI is InChI=1S/C16H19N5OS/c1-9-12(10(2)21(3)20-9)6-7-18-15(22)11-4-5-13-14(8-11)23-16(17)19-13/h4-5,8H,6-7H2,1-3H3,(H2,17,19)(H,18,22). The van der Waals surface area contributed by atoms with E-state index in [2.05, 4.69) is 15.4 Å². The molecule has 0 radical (unpaired) electrons. The molecule has 0 fully saturated rings. The van der Waals surface area contributed by atoms with Crippen molar-refractivity contribution in [3.05, 3.63) is 40.7 Å². The number of fused-ring (bicyclic) bond motifs is 1. The number of aryl methyl sites for hydroxylation is 2. The summed E-state index contributed by atoms with van der Waals surface area (Å²) in [7, 11) is 1.93. The van der Waals surface area contributed by atoms with Gasteiger partial charge in [-0.3, -0.25) is 9.48 Å². The van der Waals surface area contributed by atoms with Crippen LogP contribution in [-0.4, -0.2) is 27.2 Å². The molecule has 0 aliphatic heterocycles. The highest BCUT2D eigenvalue weighted by Gasteiger charge is 2.11. The molecule has 1 aromatic carbocycles. The van der Waals surface area contributed by atoms with Gasteiger partial charge in [-0.15, -0.1) is 0 Å². The Bertz CT molecular complexity index is 880. The largest absolute Gasteiger partial charge is 0.375 e. The topological polar surface area (TPSA) is 85.8 Å². The molecule has 3 N–H and O–H groups in total. The lowest BCUT2D eigenvalue weighted by Gasteiger charge is -2.06. The Morgan fingerprint density at radius 3 is 2.87 bits per heavy atom. The Hall–Kier alpha value is -2.41. The summed E-state index contributed by atoms with van der Waals surface area (Å²) in [6.07, 6.45) is 0.771. The highest BCUT2D eigenvalue weighted by atomic mass is 32.1. The summed E-state index contributed by atoms with van der Waals surface area (Å²) < 4.78 is 2.79. The number of carbonyl (C=O) groups excluding carboxylic acids is 1. The minimum atomic E-state index is -0.0851. The number of nitrogen functional groups attached to an aromatic ring is 1. The van der Waals surface area contributed by atoms with Gasteiger partial charge in [0.25, 0.3) is 5.91 Å². The van der Waals surface area contributed by atoms with Crippen molar-refractivity contribution in [2.45, 2.75) is 20.3 Å². The van der Waals surface area contributed by atoms with E-state index in [-0.39, 0.29) is 5.91 Å². The number of anilines is 1. The van der Waals surface area contributed by atoms with Crippen LogP contribution in [0.3, 0.4) is 0 Å². The van der Waals surface area contributed by atoms with Gasteiger partial charge in [-0.2, -0.15) is 5.10 Å². The third-order valence-electron chi connectivity index (χ3n) is 3.99. The first kappa shape index (κ1) is 15.5. The van der Waals surface area contributed by atoms with Gasteiger partial charge in [-0.1, -0.05) is 11.3 Å². The number of hydrogen-bond donors (Lipinski definition) is 2.